The number of anilines is 3. The highest BCUT2D eigenvalue weighted by Gasteiger charge is 2.20. The highest BCUT2D eigenvalue weighted by molar-refractivity contribution is 7.93. The Morgan fingerprint density at radius 1 is 1.03 bits per heavy atom. The number of amides is 1. The number of nitrogens with zero attached hydrogens (tertiary/aromatic N) is 2. The smallest absolute Gasteiger partial charge is 0.268 e. The van der Waals surface area contributed by atoms with E-state index < -0.39 is 10.0 Å². The Morgan fingerprint density at radius 2 is 1.77 bits per heavy atom. The number of aromatic nitrogens is 2. The molecule has 152 valence electrons. The minimum absolute atomic E-state index is 0.0581. The van der Waals surface area contributed by atoms with Gasteiger partial charge in [-0.25, -0.2) is 18.4 Å². The van der Waals surface area contributed by atoms with Gasteiger partial charge in [0.05, 0.1) is 10.6 Å². The minimum Gasteiger partial charge on any atom is -0.375 e. The molecule has 0 saturated carbocycles. The summed E-state index contributed by atoms with van der Waals surface area (Å²) < 4.78 is 27.2. The van der Waals surface area contributed by atoms with Crippen molar-refractivity contribution in [1.82, 2.24) is 9.97 Å². The topological polar surface area (TPSA) is 127 Å². The molecule has 0 atom stereocenters. The molecule has 4 rings (SSSR count). The molecule has 0 aliphatic carbocycles. The maximum Gasteiger partial charge on any atom is 0.268 e. The van der Waals surface area contributed by atoms with Crippen LogP contribution in [0.5, 0.6) is 0 Å². The number of thiazole rings is 2. The molecule has 0 fully saturated rings. The Hall–Kier alpha value is -3.28. The van der Waals surface area contributed by atoms with Crippen molar-refractivity contribution >= 4 is 54.6 Å². The number of nitrogens with one attached hydrogen (secondary N) is 2. The quantitative estimate of drug-likeness (QED) is 0.403. The number of nitrogens with two attached hydrogens (primary N) is 1. The highest BCUT2D eigenvalue weighted by Crippen LogP contribution is 2.30. The lowest BCUT2D eigenvalue weighted by Crippen LogP contribution is -2.14. The summed E-state index contributed by atoms with van der Waals surface area (Å²) in [5.74, 6) is -0.375. The molecule has 2 aromatic carbocycles. The molecule has 2 aromatic heterocycles. The van der Waals surface area contributed by atoms with Gasteiger partial charge in [0.25, 0.3) is 15.9 Å². The van der Waals surface area contributed by atoms with E-state index in [1.807, 2.05) is 30.3 Å². The fourth-order valence-corrected chi connectivity index (χ4v) is 5.17. The van der Waals surface area contributed by atoms with Gasteiger partial charge in [-0.3, -0.25) is 9.52 Å². The van der Waals surface area contributed by atoms with Gasteiger partial charge in [-0.05, 0) is 24.3 Å². The van der Waals surface area contributed by atoms with Crippen LogP contribution in [0.1, 0.15) is 9.67 Å². The number of benzene rings is 2. The zero-order chi connectivity index (χ0) is 21.1. The zero-order valence-corrected chi connectivity index (χ0v) is 17.7. The molecule has 0 radical (unpaired) electrons. The van der Waals surface area contributed by atoms with Crippen LogP contribution in [0, 0.1) is 0 Å². The van der Waals surface area contributed by atoms with Gasteiger partial charge in [0.1, 0.15) is 4.88 Å². The van der Waals surface area contributed by atoms with Gasteiger partial charge in [0, 0.05) is 22.8 Å². The molecule has 0 aliphatic rings. The predicted octanol–water partition coefficient (Wildman–Crippen LogP) is 3.90. The van der Waals surface area contributed by atoms with Crippen LogP contribution in [0.2, 0.25) is 0 Å². The third-order valence-corrected chi connectivity index (χ3v) is 7.03. The minimum atomic E-state index is -3.76. The van der Waals surface area contributed by atoms with Crippen molar-refractivity contribution in [2.24, 2.45) is 0 Å². The van der Waals surface area contributed by atoms with Crippen LogP contribution in [0.25, 0.3) is 11.3 Å². The Labute approximate surface area is 180 Å². The first-order valence-electron chi connectivity index (χ1n) is 8.58. The van der Waals surface area contributed by atoms with Gasteiger partial charge in [-0.15, -0.1) is 11.3 Å². The van der Waals surface area contributed by atoms with Crippen LogP contribution in [0.15, 0.2) is 71.1 Å². The SMILES string of the molecule is Nc1nc(-c2ccccc2)c(C(=O)Nc2ccc(S(=O)(=O)Nc3nccs3)cc2)s1. The van der Waals surface area contributed by atoms with E-state index in [2.05, 4.69) is 20.0 Å². The lowest BCUT2D eigenvalue weighted by molar-refractivity contribution is 0.103. The van der Waals surface area contributed by atoms with Crippen molar-refractivity contribution < 1.29 is 13.2 Å². The zero-order valence-electron chi connectivity index (χ0n) is 15.3. The average Bonchev–Trinajstić information content (AvgIpc) is 3.38. The van der Waals surface area contributed by atoms with Crippen LogP contribution < -0.4 is 15.8 Å². The van der Waals surface area contributed by atoms with Gasteiger partial charge in [-0.1, -0.05) is 41.7 Å². The molecule has 0 unspecified atom stereocenters. The molecule has 11 heteroatoms. The van der Waals surface area contributed by atoms with Crippen LogP contribution in [0.3, 0.4) is 0 Å². The largest absolute Gasteiger partial charge is 0.375 e. The highest BCUT2D eigenvalue weighted by atomic mass is 32.2. The van der Waals surface area contributed by atoms with Gasteiger partial charge in [0.2, 0.25) is 0 Å². The second-order valence-electron chi connectivity index (χ2n) is 6.02. The monoisotopic (exact) mass is 457 g/mol. The predicted molar refractivity (Wildman–Crippen MR) is 119 cm³/mol. The summed E-state index contributed by atoms with van der Waals surface area (Å²) in [5, 5.41) is 5.00. The molecule has 4 N–H and O–H groups in total. The van der Waals surface area contributed by atoms with E-state index in [-0.39, 0.29) is 21.1 Å². The van der Waals surface area contributed by atoms with Gasteiger partial charge in [0.15, 0.2) is 10.3 Å². The molecular formula is C19H15N5O3S3. The van der Waals surface area contributed by atoms with Crippen LogP contribution in [-0.4, -0.2) is 24.3 Å². The van der Waals surface area contributed by atoms with E-state index in [1.165, 1.54) is 41.8 Å². The fourth-order valence-electron chi connectivity index (χ4n) is 2.64. The van der Waals surface area contributed by atoms with Crippen molar-refractivity contribution in [2.75, 3.05) is 15.8 Å². The van der Waals surface area contributed by atoms with Crippen LogP contribution in [-0.2, 0) is 10.0 Å². The second-order valence-corrected chi connectivity index (χ2v) is 9.62. The van der Waals surface area contributed by atoms with Crippen LogP contribution >= 0.6 is 22.7 Å². The molecular weight excluding hydrogens is 442 g/mol. The molecule has 2 heterocycles. The number of carbonyl (C=O) groups excluding carboxylic acids is 1. The van der Waals surface area contributed by atoms with Gasteiger partial charge < -0.3 is 11.1 Å². The summed E-state index contributed by atoms with van der Waals surface area (Å²) >= 11 is 2.27. The standard InChI is InChI=1S/C19H15N5O3S3/c20-18-23-15(12-4-2-1-3-5-12)16(29-18)17(25)22-13-6-8-14(9-7-13)30(26,27)24-19-21-10-11-28-19/h1-11H,(H2,20,23)(H,21,24)(H,22,25). The summed E-state index contributed by atoms with van der Waals surface area (Å²) in [7, 11) is -3.76. The van der Waals surface area contributed by atoms with Crippen molar-refractivity contribution in [2.45, 2.75) is 4.90 Å². The maximum absolute atomic E-state index is 12.8. The number of rotatable bonds is 6. The Kier molecular flexibility index (Phi) is 5.48. The second kappa shape index (κ2) is 8.22. The first-order chi connectivity index (χ1) is 14.4. The Morgan fingerprint density at radius 3 is 2.43 bits per heavy atom. The van der Waals surface area contributed by atoms with E-state index >= 15 is 0 Å². The van der Waals surface area contributed by atoms with Crippen molar-refractivity contribution in [3.8, 4) is 11.3 Å². The first kappa shape index (κ1) is 20.0. The molecule has 0 bridgehead atoms. The summed E-state index contributed by atoms with van der Waals surface area (Å²) in [4.78, 5) is 21.4. The van der Waals surface area contributed by atoms with Gasteiger partial charge >= 0.3 is 0 Å². The average molecular weight is 458 g/mol. The third-order valence-electron chi connectivity index (χ3n) is 3.97. The van der Waals surface area contributed by atoms with E-state index in [0.717, 1.165) is 16.9 Å². The van der Waals surface area contributed by atoms with E-state index in [9.17, 15) is 13.2 Å². The van der Waals surface area contributed by atoms with Crippen molar-refractivity contribution in [1.29, 1.82) is 0 Å². The Balaban J connectivity index is 1.53. The number of hydrogen-bond donors (Lipinski definition) is 3. The molecule has 4 aromatic rings. The fraction of sp³-hybridized carbons (Fsp3) is 0. The summed E-state index contributed by atoms with van der Waals surface area (Å²) in [5.41, 5.74) is 7.55. The summed E-state index contributed by atoms with van der Waals surface area (Å²) in [6.45, 7) is 0. The summed E-state index contributed by atoms with van der Waals surface area (Å²) in [6.07, 6.45) is 1.51. The first-order valence-corrected chi connectivity index (χ1v) is 11.8. The number of carbonyl (C=O) groups is 1. The van der Waals surface area contributed by atoms with Crippen LogP contribution in [0.4, 0.5) is 16.0 Å². The van der Waals surface area contributed by atoms with E-state index in [1.54, 1.807) is 5.38 Å². The normalized spacial score (nSPS) is 11.2. The lowest BCUT2D eigenvalue weighted by Gasteiger charge is -2.08. The molecule has 0 saturated heterocycles. The molecule has 1 amide bonds. The summed E-state index contributed by atoms with van der Waals surface area (Å²) in [6, 6.07) is 15.1. The van der Waals surface area contributed by atoms with E-state index in [0.29, 0.717) is 16.3 Å². The molecule has 0 spiro atoms. The Bertz CT molecular complexity index is 1270. The number of sulfonamides is 1. The molecule has 0 aliphatic heterocycles. The molecule has 30 heavy (non-hydrogen) atoms. The molecule has 8 nitrogen and oxygen atoms in total. The lowest BCUT2D eigenvalue weighted by atomic mass is 10.1. The van der Waals surface area contributed by atoms with Crippen molar-refractivity contribution in [3.05, 3.63) is 71.1 Å². The number of hydrogen-bond acceptors (Lipinski definition) is 8. The van der Waals surface area contributed by atoms with Crippen molar-refractivity contribution in [3.63, 3.8) is 0 Å². The third kappa shape index (κ3) is 4.32. The number of nitrogen functional groups attached to an aromatic ring is 1. The van der Waals surface area contributed by atoms with Gasteiger partial charge in [-0.2, -0.15) is 0 Å². The van der Waals surface area contributed by atoms with E-state index in [4.69, 9.17) is 5.73 Å². The maximum atomic E-state index is 12.8.